The molecule has 0 saturated heterocycles. The molecule has 112 valence electrons. The molecule has 0 unspecified atom stereocenters. The van der Waals surface area contributed by atoms with Crippen molar-refractivity contribution < 1.29 is 17.6 Å². The maximum atomic E-state index is 13.2. The number of anilines is 3. The molecule has 0 fully saturated rings. The molecule has 21 heavy (non-hydrogen) atoms. The summed E-state index contributed by atoms with van der Waals surface area (Å²) in [4.78, 5) is 5.27. The van der Waals surface area contributed by atoms with E-state index in [0.29, 0.717) is 5.69 Å². The van der Waals surface area contributed by atoms with Gasteiger partial charge in [0.15, 0.2) is 0 Å². The molecule has 2 rings (SSSR count). The first-order valence-corrected chi connectivity index (χ1v) is 5.86. The molecule has 1 aromatic carbocycles. The molecule has 4 nitrogen and oxygen atoms in total. The van der Waals surface area contributed by atoms with Crippen LogP contribution in [-0.2, 0) is 6.18 Å². The number of nitrogens with two attached hydrogens (primary N) is 1. The van der Waals surface area contributed by atoms with Crippen LogP contribution in [0.2, 0.25) is 0 Å². The van der Waals surface area contributed by atoms with Gasteiger partial charge in [0.1, 0.15) is 17.5 Å². The van der Waals surface area contributed by atoms with Crippen molar-refractivity contribution in [1.29, 1.82) is 0 Å². The third kappa shape index (κ3) is 3.40. The Morgan fingerprint density at radius 2 is 1.90 bits per heavy atom. The monoisotopic (exact) mass is 300 g/mol. The molecule has 1 heterocycles. The Hall–Kier alpha value is -2.35. The van der Waals surface area contributed by atoms with Crippen molar-refractivity contribution in [1.82, 2.24) is 4.98 Å². The number of hydrogen-bond donors (Lipinski definition) is 2. The molecule has 0 spiro atoms. The van der Waals surface area contributed by atoms with Crippen LogP contribution in [0.4, 0.5) is 34.9 Å². The van der Waals surface area contributed by atoms with Crippen LogP contribution in [-0.4, -0.2) is 12.0 Å². The average Bonchev–Trinajstić information content (AvgIpc) is 2.45. The second-order valence-corrected chi connectivity index (χ2v) is 4.28. The van der Waals surface area contributed by atoms with Crippen LogP contribution in [0.15, 0.2) is 36.4 Å². The number of nitrogen functional groups attached to an aromatic ring is 1. The number of nitrogens with zero attached hydrogens (tertiary/aromatic N) is 2. The lowest BCUT2D eigenvalue weighted by Gasteiger charge is -2.20. The van der Waals surface area contributed by atoms with E-state index in [9.17, 15) is 17.6 Å². The van der Waals surface area contributed by atoms with Crippen LogP contribution in [0.3, 0.4) is 0 Å². The number of benzene rings is 1. The summed E-state index contributed by atoms with van der Waals surface area (Å²) in [7, 11) is 1.48. The summed E-state index contributed by atoms with van der Waals surface area (Å²) < 4.78 is 51.7. The van der Waals surface area contributed by atoms with Gasteiger partial charge in [-0.05, 0) is 30.3 Å². The molecule has 0 bridgehead atoms. The van der Waals surface area contributed by atoms with Crippen LogP contribution in [0.25, 0.3) is 0 Å². The molecular weight excluding hydrogens is 288 g/mol. The second kappa shape index (κ2) is 5.57. The van der Waals surface area contributed by atoms with Crippen molar-refractivity contribution in [3.05, 3.63) is 47.8 Å². The Morgan fingerprint density at radius 3 is 2.48 bits per heavy atom. The van der Waals surface area contributed by atoms with Gasteiger partial charge >= 0.3 is 6.18 Å². The highest BCUT2D eigenvalue weighted by atomic mass is 19.4. The number of hydrogen-bond acceptors (Lipinski definition) is 4. The van der Waals surface area contributed by atoms with Crippen molar-refractivity contribution in [2.45, 2.75) is 6.18 Å². The lowest BCUT2D eigenvalue weighted by Crippen LogP contribution is -2.17. The van der Waals surface area contributed by atoms with Crippen molar-refractivity contribution in [2.75, 3.05) is 17.4 Å². The molecule has 0 aliphatic carbocycles. The fourth-order valence-electron chi connectivity index (χ4n) is 1.74. The van der Waals surface area contributed by atoms with E-state index in [1.807, 2.05) is 0 Å². The quantitative estimate of drug-likeness (QED) is 0.519. The Balaban J connectivity index is 2.47. The zero-order valence-corrected chi connectivity index (χ0v) is 10.9. The van der Waals surface area contributed by atoms with Crippen molar-refractivity contribution >= 4 is 17.3 Å². The van der Waals surface area contributed by atoms with E-state index in [2.05, 4.69) is 10.4 Å². The highest BCUT2D eigenvalue weighted by Gasteiger charge is 2.32. The topological polar surface area (TPSA) is 54.2 Å². The fraction of sp³-hybridized carbons (Fsp3) is 0.154. The van der Waals surface area contributed by atoms with E-state index in [0.717, 1.165) is 12.1 Å². The van der Waals surface area contributed by atoms with Crippen LogP contribution in [0.5, 0.6) is 0 Å². The number of rotatable bonds is 3. The normalized spacial score (nSPS) is 11.3. The van der Waals surface area contributed by atoms with Crippen LogP contribution in [0.1, 0.15) is 5.56 Å². The molecule has 0 amide bonds. The molecule has 0 radical (unpaired) electrons. The maximum absolute atomic E-state index is 13.2. The largest absolute Gasteiger partial charge is 0.416 e. The number of alkyl halides is 3. The zero-order valence-electron chi connectivity index (χ0n) is 10.9. The molecule has 0 atom stereocenters. The van der Waals surface area contributed by atoms with Gasteiger partial charge in [-0.1, -0.05) is 6.07 Å². The summed E-state index contributed by atoms with van der Waals surface area (Å²) in [6.45, 7) is 0. The van der Waals surface area contributed by atoms with Crippen LogP contribution < -0.4 is 16.2 Å². The number of hydrazine groups is 1. The van der Waals surface area contributed by atoms with Crippen molar-refractivity contribution in [3.63, 3.8) is 0 Å². The summed E-state index contributed by atoms with van der Waals surface area (Å²) >= 11 is 0. The van der Waals surface area contributed by atoms with E-state index in [-0.39, 0.29) is 11.6 Å². The van der Waals surface area contributed by atoms with E-state index in [4.69, 9.17) is 5.84 Å². The molecule has 2 aromatic rings. The first-order chi connectivity index (χ1) is 9.81. The van der Waals surface area contributed by atoms with Crippen LogP contribution in [0, 0.1) is 5.82 Å². The smallest absolute Gasteiger partial charge is 0.329 e. The summed E-state index contributed by atoms with van der Waals surface area (Å²) in [6, 6.07) is 7.10. The standard InChI is InChI=1S/C13H12F4N4/c1-21(10-4-2-3-9(14)7-10)12-6-8(13(15,16)17)5-11(19-12)20-18/h2-7H,18H2,1H3,(H,19,20). The Bertz CT molecular complexity index is 642. The lowest BCUT2D eigenvalue weighted by molar-refractivity contribution is -0.137. The lowest BCUT2D eigenvalue weighted by atomic mass is 10.2. The van der Waals surface area contributed by atoms with Gasteiger partial charge in [0.2, 0.25) is 0 Å². The number of aromatic nitrogens is 1. The first kappa shape index (κ1) is 15.0. The Kier molecular flexibility index (Phi) is 3.99. The SMILES string of the molecule is CN(c1cccc(F)c1)c1cc(C(F)(F)F)cc(NN)n1. The van der Waals surface area contributed by atoms with Gasteiger partial charge in [0.05, 0.1) is 5.56 Å². The van der Waals surface area contributed by atoms with E-state index < -0.39 is 17.6 Å². The molecule has 3 N–H and O–H groups in total. The highest BCUT2D eigenvalue weighted by Crippen LogP contribution is 2.34. The predicted molar refractivity (Wildman–Crippen MR) is 71.5 cm³/mol. The minimum atomic E-state index is -4.54. The van der Waals surface area contributed by atoms with Crippen LogP contribution >= 0.6 is 0 Å². The van der Waals surface area contributed by atoms with Gasteiger partial charge in [-0.2, -0.15) is 13.2 Å². The minimum Gasteiger partial charge on any atom is -0.329 e. The number of nitrogens with one attached hydrogen (secondary N) is 1. The first-order valence-electron chi connectivity index (χ1n) is 5.86. The summed E-state index contributed by atoms with van der Waals surface area (Å²) in [6.07, 6.45) is -4.54. The van der Waals surface area contributed by atoms with Gasteiger partial charge in [-0.3, -0.25) is 0 Å². The Morgan fingerprint density at radius 1 is 1.19 bits per heavy atom. The molecular formula is C13H12F4N4. The minimum absolute atomic E-state index is 0.0108. The second-order valence-electron chi connectivity index (χ2n) is 4.28. The molecule has 0 aliphatic heterocycles. The number of pyridine rings is 1. The van der Waals surface area contributed by atoms with E-state index >= 15 is 0 Å². The van der Waals surface area contributed by atoms with Gasteiger partial charge in [-0.25, -0.2) is 15.2 Å². The summed E-state index contributed by atoms with van der Waals surface area (Å²) in [5.74, 6) is 4.49. The maximum Gasteiger partial charge on any atom is 0.416 e. The fourth-order valence-corrected chi connectivity index (χ4v) is 1.74. The average molecular weight is 300 g/mol. The highest BCUT2D eigenvalue weighted by molar-refractivity contribution is 5.62. The molecule has 0 saturated carbocycles. The Labute approximate surface area is 118 Å². The van der Waals surface area contributed by atoms with Gasteiger partial charge in [0.25, 0.3) is 0 Å². The summed E-state index contributed by atoms with van der Waals surface area (Å²) in [5.41, 5.74) is 1.55. The summed E-state index contributed by atoms with van der Waals surface area (Å²) in [5, 5.41) is 0. The van der Waals surface area contributed by atoms with Gasteiger partial charge < -0.3 is 10.3 Å². The van der Waals surface area contributed by atoms with Gasteiger partial charge in [-0.15, -0.1) is 0 Å². The third-order valence-corrected chi connectivity index (χ3v) is 2.83. The molecule has 1 aromatic heterocycles. The van der Waals surface area contributed by atoms with E-state index in [1.165, 1.54) is 30.1 Å². The molecule has 0 aliphatic rings. The van der Waals surface area contributed by atoms with Crippen molar-refractivity contribution in [3.8, 4) is 0 Å². The van der Waals surface area contributed by atoms with Crippen molar-refractivity contribution in [2.24, 2.45) is 5.84 Å². The third-order valence-electron chi connectivity index (χ3n) is 2.83. The van der Waals surface area contributed by atoms with Gasteiger partial charge in [0, 0.05) is 12.7 Å². The molecule has 8 heteroatoms. The predicted octanol–water partition coefficient (Wildman–Crippen LogP) is 3.29. The van der Waals surface area contributed by atoms with E-state index in [1.54, 1.807) is 6.07 Å². The number of halogens is 4. The zero-order chi connectivity index (χ0) is 15.6.